The van der Waals surface area contributed by atoms with Crippen LogP contribution in [0.2, 0.25) is 0 Å². The van der Waals surface area contributed by atoms with E-state index in [2.05, 4.69) is 16.7 Å². The number of aromatic nitrogens is 2. The fraction of sp³-hybridized carbons (Fsp3) is 0.105. The number of carbonyl (C=O) groups is 1. The molecule has 1 aromatic heterocycles. The first-order valence-electron chi connectivity index (χ1n) is 7.57. The number of anilines is 1. The summed E-state index contributed by atoms with van der Waals surface area (Å²) >= 11 is 0. The Bertz CT molecular complexity index is 839. The van der Waals surface area contributed by atoms with Crippen molar-refractivity contribution < 1.29 is 9.32 Å². The molecule has 0 bridgehead atoms. The molecule has 0 N–H and O–H groups in total. The molecule has 0 atom stereocenters. The van der Waals surface area contributed by atoms with Crippen LogP contribution in [0.15, 0.2) is 71.8 Å². The Morgan fingerprint density at radius 3 is 2.46 bits per heavy atom. The Morgan fingerprint density at radius 1 is 1.17 bits per heavy atom. The number of hydrogen-bond donors (Lipinski definition) is 0. The lowest BCUT2D eigenvalue weighted by molar-refractivity contribution is 0.0989. The summed E-state index contributed by atoms with van der Waals surface area (Å²) < 4.78 is 5.14. The Labute approximate surface area is 140 Å². The van der Waals surface area contributed by atoms with E-state index in [0.717, 1.165) is 11.3 Å². The summed E-state index contributed by atoms with van der Waals surface area (Å²) in [6.07, 6.45) is 1.71. The fourth-order valence-electron chi connectivity index (χ4n) is 2.37. The topological polar surface area (TPSA) is 59.2 Å². The molecule has 3 aromatic rings. The molecule has 2 aromatic carbocycles. The van der Waals surface area contributed by atoms with Gasteiger partial charge in [0.2, 0.25) is 0 Å². The highest BCUT2D eigenvalue weighted by atomic mass is 16.5. The summed E-state index contributed by atoms with van der Waals surface area (Å²) in [6, 6.07) is 16.6. The second-order valence-corrected chi connectivity index (χ2v) is 5.26. The van der Waals surface area contributed by atoms with Crippen molar-refractivity contribution in [1.29, 1.82) is 0 Å². The largest absolute Gasteiger partial charge is 0.334 e. The van der Waals surface area contributed by atoms with Gasteiger partial charge in [-0.15, -0.1) is 6.58 Å². The normalized spacial score (nSPS) is 10.4. The molecule has 0 unspecified atom stereocenters. The smallest absolute Gasteiger partial charge is 0.258 e. The number of hydrogen-bond acceptors (Lipinski definition) is 4. The van der Waals surface area contributed by atoms with Gasteiger partial charge in [-0.3, -0.25) is 4.79 Å². The van der Waals surface area contributed by atoms with Gasteiger partial charge < -0.3 is 9.42 Å². The minimum Gasteiger partial charge on any atom is -0.334 e. The molecule has 0 aliphatic carbocycles. The van der Waals surface area contributed by atoms with E-state index in [4.69, 9.17) is 4.52 Å². The van der Waals surface area contributed by atoms with E-state index in [1.54, 1.807) is 42.2 Å². The zero-order chi connectivity index (χ0) is 16.9. The molecule has 0 saturated heterocycles. The third-order valence-electron chi connectivity index (χ3n) is 3.53. The molecule has 5 nitrogen and oxygen atoms in total. The molecule has 24 heavy (non-hydrogen) atoms. The summed E-state index contributed by atoms with van der Waals surface area (Å²) in [5.41, 5.74) is 2.20. The number of amides is 1. The van der Waals surface area contributed by atoms with E-state index < -0.39 is 0 Å². The van der Waals surface area contributed by atoms with Crippen LogP contribution in [-0.4, -0.2) is 22.6 Å². The van der Waals surface area contributed by atoms with Crippen LogP contribution in [0.3, 0.4) is 0 Å². The molecule has 1 heterocycles. The van der Waals surface area contributed by atoms with Gasteiger partial charge in [0.05, 0.1) is 0 Å². The van der Waals surface area contributed by atoms with Crippen molar-refractivity contribution in [1.82, 2.24) is 10.1 Å². The molecule has 3 rings (SSSR count). The van der Waals surface area contributed by atoms with Crippen LogP contribution in [0, 0.1) is 6.92 Å². The Morgan fingerprint density at radius 2 is 1.88 bits per heavy atom. The first-order chi connectivity index (χ1) is 11.7. The first kappa shape index (κ1) is 15.7. The highest BCUT2D eigenvalue weighted by molar-refractivity contribution is 6.06. The van der Waals surface area contributed by atoms with Crippen LogP contribution >= 0.6 is 0 Å². The average molecular weight is 319 g/mol. The minimum atomic E-state index is -0.0886. The lowest BCUT2D eigenvalue weighted by Gasteiger charge is -2.21. The van der Waals surface area contributed by atoms with Gasteiger partial charge in [-0.1, -0.05) is 29.4 Å². The molecular formula is C19H17N3O2. The fourth-order valence-corrected chi connectivity index (χ4v) is 2.37. The van der Waals surface area contributed by atoms with Gasteiger partial charge >= 0.3 is 0 Å². The molecule has 1 amide bonds. The molecular weight excluding hydrogens is 302 g/mol. The van der Waals surface area contributed by atoms with Crippen molar-refractivity contribution >= 4 is 11.6 Å². The zero-order valence-electron chi connectivity index (χ0n) is 13.3. The van der Waals surface area contributed by atoms with Crippen LogP contribution in [0.4, 0.5) is 5.69 Å². The van der Waals surface area contributed by atoms with Crippen molar-refractivity contribution in [2.24, 2.45) is 0 Å². The van der Waals surface area contributed by atoms with E-state index in [1.807, 2.05) is 30.3 Å². The lowest BCUT2D eigenvalue weighted by Crippen LogP contribution is -2.30. The number of para-hydroxylation sites is 1. The van der Waals surface area contributed by atoms with Gasteiger partial charge in [0.1, 0.15) is 0 Å². The minimum absolute atomic E-state index is 0.0886. The van der Waals surface area contributed by atoms with Crippen LogP contribution in [0.5, 0.6) is 0 Å². The third kappa shape index (κ3) is 3.25. The summed E-state index contributed by atoms with van der Waals surface area (Å²) in [7, 11) is 0. The summed E-state index contributed by atoms with van der Waals surface area (Å²) in [5, 5.41) is 3.77. The second-order valence-electron chi connectivity index (χ2n) is 5.26. The van der Waals surface area contributed by atoms with Gasteiger partial charge in [0.25, 0.3) is 11.8 Å². The highest BCUT2D eigenvalue weighted by Gasteiger charge is 2.17. The Kier molecular flexibility index (Phi) is 4.52. The summed E-state index contributed by atoms with van der Waals surface area (Å²) in [6.45, 7) is 5.94. The summed E-state index contributed by atoms with van der Waals surface area (Å²) in [4.78, 5) is 18.7. The second kappa shape index (κ2) is 6.91. The molecule has 5 heteroatoms. The van der Waals surface area contributed by atoms with Crippen LogP contribution < -0.4 is 4.90 Å². The maximum Gasteiger partial charge on any atom is 0.258 e. The van der Waals surface area contributed by atoms with E-state index >= 15 is 0 Å². The Balaban J connectivity index is 1.86. The standard InChI is InChI=1S/C19H17N3O2/c1-3-13-22(17-7-5-4-6-8-17)19(23)16-11-9-15(10-12-16)18-20-14(2)21-24-18/h3-12H,1,13H2,2H3. The van der Waals surface area contributed by atoms with E-state index in [-0.39, 0.29) is 5.91 Å². The molecule has 0 spiro atoms. The van der Waals surface area contributed by atoms with Crippen molar-refractivity contribution in [3.05, 3.63) is 78.6 Å². The zero-order valence-corrected chi connectivity index (χ0v) is 13.3. The van der Waals surface area contributed by atoms with Crippen molar-refractivity contribution in [3.63, 3.8) is 0 Å². The average Bonchev–Trinajstić information content (AvgIpc) is 3.06. The molecule has 0 aliphatic heterocycles. The van der Waals surface area contributed by atoms with Gasteiger partial charge in [-0.2, -0.15) is 4.98 Å². The molecule has 120 valence electrons. The summed E-state index contributed by atoms with van der Waals surface area (Å²) in [5.74, 6) is 0.929. The first-order valence-corrected chi connectivity index (χ1v) is 7.57. The molecule has 0 fully saturated rings. The lowest BCUT2D eigenvalue weighted by atomic mass is 10.1. The van der Waals surface area contributed by atoms with Gasteiger partial charge in [-0.25, -0.2) is 0 Å². The number of benzene rings is 2. The molecule has 0 radical (unpaired) electrons. The number of aryl methyl sites for hydroxylation is 1. The van der Waals surface area contributed by atoms with E-state index in [1.165, 1.54) is 0 Å². The maximum atomic E-state index is 12.8. The number of carbonyl (C=O) groups excluding carboxylic acids is 1. The van der Waals surface area contributed by atoms with Crippen molar-refractivity contribution in [2.45, 2.75) is 6.92 Å². The van der Waals surface area contributed by atoms with E-state index in [0.29, 0.717) is 23.8 Å². The van der Waals surface area contributed by atoms with Gasteiger partial charge in [-0.05, 0) is 43.3 Å². The monoisotopic (exact) mass is 319 g/mol. The van der Waals surface area contributed by atoms with Gasteiger partial charge in [0, 0.05) is 23.4 Å². The van der Waals surface area contributed by atoms with Crippen molar-refractivity contribution in [2.75, 3.05) is 11.4 Å². The number of rotatable bonds is 5. The maximum absolute atomic E-state index is 12.8. The predicted molar refractivity (Wildman–Crippen MR) is 92.8 cm³/mol. The predicted octanol–water partition coefficient (Wildman–Crippen LogP) is 3.88. The van der Waals surface area contributed by atoms with E-state index in [9.17, 15) is 4.79 Å². The van der Waals surface area contributed by atoms with Crippen molar-refractivity contribution in [3.8, 4) is 11.5 Å². The molecule has 0 saturated carbocycles. The Hall–Kier alpha value is -3.21. The van der Waals surface area contributed by atoms with Crippen LogP contribution in [0.1, 0.15) is 16.2 Å². The SMILES string of the molecule is C=CCN(C(=O)c1ccc(-c2nc(C)no2)cc1)c1ccccc1. The molecule has 0 aliphatic rings. The third-order valence-corrected chi connectivity index (χ3v) is 3.53. The van der Waals surface area contributed by atoms with Crippen LogP contribution in [-0.2, 0) is 0 Å². The number of nitrogens with zero attached hydrogens (tertiary/aromatic N) is 3. The quantitative estimate of drug-likeness (QED) is 0.670. The highest BCUT2D eigenvalue weighted by Crippen LogP contribution is 2.20. The van der Waals surface area contributed by atoms with Gasteiger partial charge in [0.15, 0.2) is 5.82 Å². The van der Waals surface area contributed by atoms with Crippen LogP contribution in [0.25, 0.3) is 11.5 Å².